The molecule has 0 spiro atoms. The Bertz CT molecular complexity index is 250. The normalized spacial score (nSPS) is 11.9. The van der Waals surface area contributed by atoms with Crippen LogP contribution in [0.15, 0.2) is 24.3 Å². The molecule has 0 aliphatic heterocycles. The third-order valence-electron chi connectivity index (χ3n) is 1.83. The van der Waals surface area contributed by atoms with Crippen LogP contribution in [0.3, 0.4) is 0 Å². The average molecular weight is 203 g/mol. The van der Waals surface area contributed by atoms with E-state index in [2.05, 4.69) is 0 Å². The van der Waals surface area contributed by atoms with Crippen LogP contribution in [0.25, 0.3) is 0 Å². The van der Waals surface area contributed by atoms with Crippen LogP contribution in [0.1, 0.15) is 18.9 Å². The standard InChI is InChI=1S/C10H14FN.ClH/c1-8(12)6-7-9-4-2-3-5-10(9)11;/h2-5,8H,6-7,12H2,1H3;1H/p-1. The second kappa shape index (κ2) is 5.95. The highest BCUT2D eigenvalue weighted by atomic mass is 35.5. The fourth-order valence-electron chi connectivity index (χ4n) is 1.08. The quantitative estimate of drug-likeness (QED) is 0.677. The van der Waals surface area contributed by atoms with Gasteiger partial charge in [0.15, 0.2) is 0 Å². The Balaban J connectivity index is 0.00000144. The third-order valence-corrected chi connectivity index (χ3v) is 1.83. The Hall–Kier alpha value is -0.600. The van der Waals surface area contributed by atoms with Gasteiger partial charge in [-0.05, 0) is 31.4 Å². The van der Waals surface area contributed by atoms with E-state index in [1.165, 1.54) is 6.07 Å². The molecular formula is C10H14ClFN-. The Morgan fingerprint density at radius 3 is 2.54 bits per heavy atom. The summed E-state index contributed by atoms with van der Waals surface area (Å²) >= 11 is 0. The number of aryl methyl sites for hydroxylation is 1. The molecule has 3 heteroatoms. The van der Waals surface area contributed by atoms with E-state index < -0.39 is 0 Å². The topological polar surface area (TPSA) is 26.0 Å². The molecule has 0 aliphatic rings. The molecule has 1 rings (SSSR count). The van der Waals surface area contributed by atoms with Crippen molar-refractivity contribution in [3.05, 3.63) is 35.6 Å². The zero-order valence-corrected chi connectivity index (χ0v) is 8.39. The van der Waals surface area contributed by atoms with E-state index in [1.807, 2.05) is 13.0 Å². The highest BCUT2D eigenvalue weighted by Crippen LogP contribution is 2.09. The van der Waals surface area contributed by atoms with Crippen LogP contribution in [0.2, 0.25) is 0 Å². The minimum absolute atomic E-state index is 0. The lowest BCUT2D eigenvalue weighted by Gasteiger charge is -2.05. The molecule has 0 amide bonds. The molecule has 1 aromatic rings. The first kappa shape index (κ1) is 12.4. The second-order valence-corrected chi connectivity index (χ2v) is 3.11. The molecule has 1 atom stereocenters. The summed E-state index contributed by atoms with van der Waals surface area (Å²) in [6, 6.07) is 6.98. The van der Waals surface area contributed by atoms with Gasteiger partial charge in [0.25, 0.3) is 0 Å². The summed E-state index contributed by atoms with van der Waals surface area (Å²) in [7, 11) is 0. The molecule has 0 bridgehead atoms. The maximum Gasteiger partial charge on any atom is 0.126 e. The third kappa shape index (κ3) is 4.25. The van der Waals surface area contributed by atoms with Crippen LogP contribution in [-0.4, -0.2) is 6.04 Å². The zero-order chi connectivity index (χ0) is 8.97. The van der Waals surface area contributed by atoms with Crippen molar-refractivity contribution < 1.29 is 16.8 Å². The Morgan fingerprint density at radius 1 is 1.38 bits per heavy atom. The molecule has 1 aromatic carbocycles. The van der Waals surface area contributed by atoms with Crippen LogP contribution in [0.4, 0.5) is 4.39 Å². The van der Waals surface area contributed by atoms with Crippen molar-refractivity contribution in [3.63, 3.8) is 0 Å². The van der Waals surface area contributed by atoms with Crippen LogP contribution in [0, 0.1) is 5.82 Å². The molecule has 0 heterocycles. The zero-order valence-electron chi connectivity index (χ0n) is 7.63. The largest absolute Gasteiger partial charge is 1.00 e. The molecule has 2 N–H and O–H groups in total. The Morgan fingerprint density at radius 2 is 2.00 bits per heavy atom. The molecule has 0 saturated heterocycles. The maximum atomic E-state index is 13.0. The van der Waals surface area contributed by atoms with Gasteiger partial charge in [-0.3, -0.25) is 0 Å². The van der Waals surface area contributed by atoms with E-state index in [-0.39, 0.29) is 24.3 Å². The number of benzene rings is 1. The van der Waals surface area contributed by atoms with Gasteiger partial charge in [0.1, 0.15) is 5.82 Å². The van der Waals surface area contributed by atoms with Gasteiger partial charge in [0, 0.05) is 6.04 Å². The van der Waals surface area contributed by atoms with Gasteiger partial charge in [-0.25, -0.2) is 4.39 Å². The number of halogens is 2. The van der Waals surface area contributed by atoms with Crippen molar-refractivity contribution in [2.75, 3.05) is 0 Å². The summed E-state index contributed by atoms with van der Waals surface area (Å²) in [5.41, 5.74) is 6.33. The van der Waals surface area contributed by atoms with Gasteiger partial charge in [-0.1, -0.05) is 18.2 Å². The van der Waals surface area contributed by atoms with E-state index >= 15 is 0 Å². The van der Waals surface area contributed by atoms with Crippen molar-refractivity contribution in [1.29, 1.82) is 0 Å². The predicted molar refractivity (Wildman–Crippen MR) is 48.4 cm³/mol. The molecule has 74 valence electrons. The number of hydrogen-bond acceptors (Lipinski definition) is 1. The molecular weight excluding hydrogens is 189 g/mol. The average Bonchev–Trinajstić information content (AvgIpc) is 2.03. The molecule has 1 unspecified atom stereocenters. The SMILES string of the molecule is CC(N)CCc1ccccc1F.[Cl-]. The minimum atomic E-state index is -0.127. The summed E-state index contributed by atoms with van der Waals surface area (Å²) in [5, 5.41) is 0. The summed E-state index contributed by atoms with van der Waals surface area (Å²) in [6.45, 7) is 1.93. The molecule has 0 saturated carbocycles. The van der Waals surface area contributed by atoms with Gasteiger partial charge in [0.05, 0.1) is 0 Å². The second-order valence-electron chi connectivity index (χ2n) is 3.11. The van der Waals surface area contributed by atoms with Crippen molar-refractivity contribution in [3.8, 4) is 0 Å². The molecule has 0 radical (unpaired) electrons. The summed E-state index contributed by atoms with van der Waals surface area (Å²) in [4.78, 5) is 0. The van der Waals surface area contributed by atoms with E-state index in [9.17, 15) is 4.39 Å². The van der Waals surface area contributed by atoms with Crippen LogP contribution < -0.4 is 18.1 Å². The molecule has 0 fully saturated rings. The van der Waals surface area contributed by atoms with Gasteiger partial charge < -0.3 is 18.1 Å². The van der Waals surface area contributed by atoms with Gasteiger partial charge in [-0.15, -0.1) is 0 Å². The lowest BCUT2D eigenvalue weighted by atomic mass is 10.1. The number of rotatable bonds is 3. The Labute approximate surface area is 84.5 Å². The van der Waals surface area contributed by atoms with E-state index in [1.54, 1.807) is 12.1 Å². The van der Waals surface area contributed by atoms with Crippen molar-refractivity contribution >= 4 is 0 Å². The lowest BCUT2D eigenvalue weighted by molar-refractivity contribution is -0.00000334. The van der Waals surface area contributed by atoms with Crippen molar-refractivity contribution in [2.45, 2.75) is 25.8 Å². The van der Waals surface area contributed by atoms with Gasteiger partial charge in [0.2, 0.25) is 0 Å². The monoisotopic (exact) mass is 202 g/mol. The smallest absolute Gasteiger partial charge is 0.126 e. The fourth-order valence-corrected chi connectivity index (χ4v) is 1.08. The molecule has 0 aromatic heterocycles. The van der Waals surface area contributed by atoms with Crippen LogP contribution >= 0.6 is 0 Å². The fraction of sp³-hybridized carbons (Fsp3) is 0.400. The van der Waals surface area contributed by atoms with Crippen molar-refractivity contribution in [1.82, 2.24) is 0 Å². The number of nitrogens with two attached hydrogens (primary N) is 1. The van der Waals surface area contributed by atoms with Gasteiger partial charge in [-0.2, -0.15) is 0 Å². The van der Waals surface area contributed by atoms with Crippen molar-refractivity contribution in [2.24, 2.45) is 5.73 Å². The maximum absolute atomic E-state index is 13.0. The predicted octanol–water partition coefficient (Wildman–Crippen LogP) is -0.890. The van der Waals surface area contributed by atoms with E-state index in [0.29, 0.717) is 0 Å². The number of hydrogen-bond donors (Lipinski definition) is 1. The van der Waals surface area contributed by atoms with Crippen LogP contribution in [0.5, 0.6) is 0 Å². The van der Waals surface area contributed by atoms with E-state index in [0.717, 1.165) is 18.4 Å². The Kier molecular flexibility index (Phi) is 5.67. The molecule has 1 nitrogen and oxygen atoms in total. The summed E-state index contributed by atoms with van der Waals surface area (Å²) < 4.78 is 13.0. The summed E-state index contributed by atoms with van der Waals surface area (Å²) in [6.07, 6.45) is 1.56. The molecule has 13 heavy (non-hydrogen) atoms. The summed E-state index contributed by atoms with van der Waals surface area (Å²) in [5.74, 6) is -0.127. The van der Waals surface area contributed by atoms with Crippen LogP contribution in [-0.2, 0) is 6.42 Å². The first-order valence-electron chi connectivity index (χ1n) is 4.19. The van der Waals surface area contributed by atoms with E-state index in [4.69, 9.17) is 5.73 Å². The minimum Gasteiger partial charge on any atom is -1.00 e. The highest BCUT2D eigenvalue weighted by Gasteiger charge is 2.01. The molecule has 0 aliphatic carbocycles. The lowest BCUT2D eigenvalue weighted by Crippen LogP contribution is -3.00. The first-order valence-corrected chi connectivity index (χ1v) is 4.19. The first-order chi connectivity index (χ1) is 5.70. The highest BCUT2D eigenvalue weighted by molar-refractivity contribution is 5.17. The van der Waals surface area contributed by atoms with Gasteiger partial charge >= 0.3 is 0 Å².